The molecule has 0 saturated heterocycles. The minimum atomic E-state index is -0.352. The number of benzene rings is 8. The van der Waals surface area contributed by atoms with E-state index in [0.717, 1.165) is 39.0 Å². The van der Waals surface area contributed by atoms with Crippen LogP contribution >= 0.6 is 22.7 Å². The maximum absolute atomic E-state index is 7.05. The lowest BCUT2D eigenvalue weighted by atomic mass is 9.74. The molecule has 1 aliphatic carbocycles. The molecule has 54 heavy (non-hydrogen) atoms. The van der Waals surface area contributed by atoms with E-state index in [2.05, 4.69) is 182 Å². The Morgan fingerprint density at radius 3 is 1.48 bits per heavy atom. The van der Waals surface area contributed by atoms with Gasteiger partial charge in [-0.25, -0.2) is 0 Å². The first kappa shape index (κ1) is 30.3. The Morgan fingerprint density at radius 2 is 0.870 bits per heavy atom. The van der Waals surface area contributed by atoms with Crippen molar-refractivity contribution in [2.45, 2.75) is 12.3 Å². The lowest BCUT2D eigenvalue weighted by molar-refractivity contribution is 0.638. The molecule has 0 aliphatic heterocycles. The van der Waals surface area contributed by atoms with Gasteiger partial charge in [-0.2, -0.15) is 0 Å². The molecule has 3 aromatic heterocycles. The van der Waals surface area contributed by atoms with E-state index in [9.17, 15) is 0 Å². The van der Waals surface area contributed by atoms with Gasteiger partial charge in [-0.05, 0) is 77.7 Å². The lowest BCUT2D eigenvalue weighted by Crippen LogP contribution is -2.22. The molecule has 2 nitrogen and oxygen atoms in total. The van der Waals surface area contributed by atoms with Gasteiger partial charge in [0, 0.05) is 85.2 Å². The van der Waals surface area contributed by atoms with Crippen molar-refractivity contribution in [3.8, 4) is 11.1 Å². The second-order valence-electron chi connectivity index (χ2n) is 14.6. The fraction of sp³-hybridized carbons (Fsp3) is 0.0400. The molecule has 0 radical (unpaired) electrons. The topological polar surface area (TPSA) is 16.4 Å². The number of fused-ring (bicyclic) bond motifs is 12. The summed E-state index contributed by atoms with van der Waals surface area (Å²) in [5.41, 5.74) is 11.2. The average molecular weight is 726 g/mol. The number of rotatable bonds is 4. The standard InChI is InChI=1S/C50H31NOS2/c1-50(41-16-6-2-11-33(41)34-12-3-7-17-42(34)50)43-18-10-15-40-35-24-21-30(27-44(35)52-49(40)43)51(31-22-25-38-36-13-4-8-19-45(36)53-47(38)28-31)32-23-26-39-37-14-5-9-20-46(37)54-48(39)29-32/h2-29H,1H3. The van der Waals surface area contributed by atoms with E-state index in [1.165, 1.54) is 68.2 Å². The van der Waals surface area contributed by atoms with E-state index >= 15 is 0 Å². The summed E-state index contributed by atoms with van der Waals surface area (Å²) in [6.45, 7) is 2.36. The number of para-hydroxylation sites is 1. The van der Waals surface area contributed by atoms with Crippen molar-refractivity contribution < 1.29 is 4.42 Å². The number of thiophene rings is 2. The van der Waals surface area contributed by atoms with Gasteiger partial charge in [-0.15, -0.1) is 22.7 Å². The third kappa shape index (κ3) is 4.15. The van der Waals surface area contributed by atoms with Crippen molar-refractivity contribution in [1.29, 1.82) is 0 Å². The van der Waals surface area contributed by atoms with Crippen molar-refractivity contribution in [3.63, 3.8) is 0 Å². The Morgan fingerprint density at radius 1 is 0.407 bits per heavy atom. The van der Waals surface area contributed by atoms with Crippen LogP contribution in [0.15, 0.2) is 174 Å². The van der Waals surface area contributed by atoms with Crippen LogP contribution in [0.25, 0.3) is 73.4 Å². The van der Waals surface area contributed by atoms with Gasteiger partial charge in [0.2, 0.25) is 0 Å². The number of furan rings is 1. The van der Waals surface area contributed by atoms with E-state index in [1.807, 2.05) is 22.7 Å². The molecule has 0 N–H and O–H groups in total. The molecule has 4 heteroatoms. The Kier molecular flexibility index (Phi) is 6.26. The van der Waals surface area contributed by atoms with Crippen molar-refractivity contribution in [1.82, 2.24) is 0 Å². The highest BCUT2D eigenvalue weighted by atomic mass is 32.1. The minimum absolute atomic E-state index is 0.352. The number of hydrogen-bond acceptors (Lipinski definition) is 4. The van der Waals surface area contributed by atoms with Gasteiger partial charge >= 0.3 is 0 Å². The van der Waals surface area contributed by atoms with Gasteiger partial charge in [0.1, 0.15) is 11.2 Å². The van der Waals surface area contributed by atoms with Crippen LogP contribution in [0, 0.1) is 0 Å². The predicted octanol–water partition coefficient (Wildman–Crippen LogP) is 15.1. The molecule has 0 atom stereocenters. The molecule has 1 aliphatic rings. The second-order valence-corrected chi connectivity index (χ2v) is 16.7. The fourth-order valence-corrected chi connectivity index (χ4v) is 11.5. The molecule has 12 rings (SSSR count). The number of hydrogen-bond donors (Lipinski definition) is 0. The van der Waals surface area contributed by atoms with E-state index in [4.69, 9.17) is 4.42 Å². The summed E-state index contributed by atoms with van der Waals surface area (Å²) in [6.07, 6.45) is 0. The zero-order chi connectivity index (χ0) is 35.5. The highest BCUT2D eigenvalue weighted by Gasteiger charge is 2.42. The molecule has 0 spiro atoms. The largest absolute Gasteiger partial charge is 0.456 e. The van der Waals surface area contributed by atoms with Crippen LogP contribution < -0.4 is 4.90 Å². The molecule has 0 unspecified atom stereocenters. The third-order valence-corrected chi connectivity index (χ3v) is 14.0. The summed E-state index contributed by atoms with van der Waals surface area (Å²) >= 11 is 3.71. The summed E-state index contributed by atoms with van der Waals surface area (Å²) in [7, 11) is 0. The molecule has 11 aromatic rings. The Hall–Kier alpha value is -6.20. The van der Waals surface area contributed by atoms with Gasteiger partial charge in [0.25, 0.3) is 0 Å². The maximum atomic E-state index is 7.05. The van der Waals surface area contributed by atoms with Crippen LogP contribution in [0.1, 0.15) is 23.6 Å². The quantitative estimate of drug-likeness (QED) is 0.180. The molecule has 0 amide bonds. The summed E-state index contributed by atoms with van der Waals surface area (Å²) in [5.74, 6) is 0. The van der Waals surface area contributed by atoms with E-state index in [1.54, 1.807) is 0 Å². The molecular formula is C50H31NOS2. The van der Waals surface area contributed by atoms with Gasteiger partial charge in [0.15, 0.2) is 0 Å². The Labute approximate surface area is 319 Å². The van der Waals surface area contributed by atoms with E-state index in [-0.39, 0.29) is 5.41 Å². The third-order valence-electron chi connectivity index (χ3n) is 11.7. The molecular weight excluding hydrogens is 695 g/mol. The highest BCUT2D eigenvalue weighted by Crippen LogP contribution is 2.54. The second kappa shape index (κ2) is 11.2. The van der Waals surface area contributed by atoms with Crippen LogP contribution in [0.2, 0.25) is 0 Å². The molecule has 0 fully saturated rings. The molecule has 3 heterocycles. The van der Waals surface area contributed by atoms with Crippen molar-refractivity contribution in [2.24, 2.45) is 0 Å². The normalized spacial score (nSPS) is 13.4. The predicted molar refractivity (Wildman–Crippen MR) is 232 cm³/mol. The average Bonchev–Trinajstić information content (AvgIpc) is 3.96. The van der Waals surface area contributed by atoms with Crippen molar-refractivity contribution in [2.75, 3.05) is 4.90 Å². The van der Waals surface area contributed by atoms with Crippen LogP contribution in [-0.4, -0.2) is 0 Å². The number of anilines is 3. The first-order valence-electron chi connectivity index (χ1n) is 18.4. The highest BCUT2D eigenvalue weighted by molar-refractivity contribution is 7.26. The first-order valence-corrected chi connectivity index (χ1v) is 20.0. The van der Waals surface area contributed by atoms with Gasteiger partial charge in [0.05, 0.1) is 0 Å². The molecule has 8 aromatic carbocycles. The molecule has 0 saturated carbocycles. The Bertz CT molecular complexity index is 3170. The smallest absolute Gasteiger partial charge is 0.139 e. The zero-order valence-corrected chi connectivity index (χ0v) is 31.0. The van der Waals surface area contributed by atoms with Crippen LogP contribution in [0.3, 0.4) is 0 Å². The summed E-state index contributed by atoms with van der Waals surface area (Å²) in [6, 6.07) is 62.4. The summed E-state index contributed by atoms with van der Waals surface area (Å²) in [5, 5.41) is 7.47. The van der Waals surface area contributed by atoms with Crippen molar-refractivity contribution >= 4 is 102 Å². The molecule has 0 bridgehead atoms. The van der Waals surface area contributed by atoms with Crippen LogP contribution in [0.5, 0.6) is 0 Å². The van der Waals surface area contributed by atoms with Gasteiger partial charge in [-0.3, -0.25) is 0 Å². The maximum Gasteiger partial charge on any atom is 0.139 e. The van der Waals surface area contributed by atoms with Gasteiger partial charge < -0.3 is 9.32 Å². The van der Waals surface area contributed by atoms with Gasteiger partial charge in [-0.1, -0.05) is 115 Å². The number of nitrogens with zero attached hydrogens (tertiary/aromatic N) is 1. The monoisotopic (exact) mass is 725 g/mol. The summed E-state index contributed by atoms with van der Waals surface area (Å²) < 4.78 is 12.2. The first-order chi connectivity index (χ1) is 26.6. The summed E-state index contributed by atoms with van der Waals surface area (Å²) in [4.78, 5) is 2.39. The zero-order valence-electron chi connectivity index (χ0n) is 29.3. The SMILES string of the molecule is CC1(c2cccc3c2oc2cc(N(c4ccc5c(c4)sc4ccccc45)c4ccc5c(c4)sc4ccccc45)ccc23)c2ccccc2-c2ccccc21. The Balaban J connectivity index is 1.07. The van der Waals surface area contributed by atoms with Crippen molar-refractivity contribution in [3.05, 3.63) is 187 Å². The van der Waals surface area contributed by atoms with Crippen LogP contribution in [-0.2, 0) is 5.41 Å². The van der Waals surface area contributed by atoms with E-state index in [0.29, 0.717) is 0 Å². The van der Waals surface area contributed by atoms with E-state index < -0.39 is 0 Å². The fourth-order valence-electron chi connectivity index (χ4n) is 9.22. The lowest BCUT2D eigenvalue weighted by Gasteiger charge is -2.28. The minimum Gasteiger partial charge on any atom is -0.456 e. The van der Waals surface area contributed by atoms with Crippen LogP contribution in [0.4, 0.5) is 17.1 Å². The molecule has 254 valence electrons.